The maximum Gasteiger partial charge on any atom is 0.155 e. The van der Waals surface area contributed by atoms with E-state index >= 15 is 0 Å². The van der Waals surface area contributed by atoms with Crippen LogP contribution in [0.2, 0.25) is 0 Å². The highest BCUT2D eigenvalue weighted by Gasteiger charge is 2.23. The maximum atomic E-state index is 5.44. The van der Waals surface area contributed by atoms with Crippen LogP contribution < -0.4 is 0 Å². The number of unbranched alkanes of at least 4 members (excludes halogenated alkanes) is 24. The molecule has 0 fully saturated rings. The second-order valence-electron chi connectivity index (χ2n) is 19.5. The number of fused-ring (bicyclic) bond motifs is 1. The summed E-state index contributed by atoms with van der Waals surface area (Å²) in [5, 5.41) is 2.36. The van der Waals surface area contributed by atoms with Crippen molar-refractivity contribution in [3.63, 3.8) is 0 Å². The van der Waals surface area contributed by atoms with Gasteiger partial charge in [0.2, 0.25) is 0 Å². The Balaban J connectivity index is 1.21. The first-order chi connectivity index (χ1) is 32.4. The van der Waals surface area contributed by atoms with Crippen LogP contribution in [0.3, 0.4) is 0 Å². The van der Waals surface area contributed by atoms with E-state index < -0.39 is 0 Å². The average Bonchev–Trinajstić information content (AvgIpc) is 4.18. The molecule has 6 heterocycles. The zero-order chi connectivity index (χ0) is 46.4. The molecule has 364 valence electrons. The molecular weight excluding hydrogens is 917 g/mol. The Labute approximate surface area is 426 Å². The van der Waals surface area contributed by atoms with Crippen LogP contribution in [0.4, 0.5) is 0 Å². The number of nitrogens with zero attached hydrogens (tertiary/aromatic N) is 2. The van der Waals surface area contributed by atoms with Gasteiger partial charge in [-0.25, -0.2) is 9.97 Å². The summed E-state index contributed by atoms with van der Waals surface area (Å²) >= 11 is 11.7. The summed E-state index contributed by atoms with van der Waals surface area (Å²) in [5.41, 5.74) is 6.18. The summed E-state index contributed by atoms with van der Waals surface area (Å²) in [6.07, 6.45) is 42.7. The van der Waals surface area contributed by atoms with Crippen LogP contribution in [0.25, 0.3) is 48.9 Å². The standard InChI is InChI=1S/C58H86N2S6/c1-7-11-15-19-21-23-25-27-29-33-36-46-40-44(6)62-53(46)55-59-57-58(65-55)60-56(66-57)54-48(38-34-30-28-26-24-22-20-16-12-8-2)42-50(64-54)49-41-47(37-32-18-14-10-4)52(63-49)51-45(39-43(5)61-51)35-31-17-13-9-3/h39-42H,7-38H2,1-6H3. The largest absolute Gasteiger partial charge is 0.222 e. The Morgan fingerprint density at radius 1 is 0.303 bits per heavy atom. The van der Waals surface area contributed by atoms with E-state index in [1.54, 1.807) is 20.9 Å². The van der Waals surface area contributed by atoms with Crippen molar-refractivity contribution in [3.8, 4) is 39.3 Å². The molecule has 6 rings (SSSR count). The van der Waals surface area contributed by atoms with E-state index in [2.05, 4.69) is 77.1 Å². The van der Waals surface area contributed by atoms with Crippen LogP contribution in [0.1, 0.15) is 239 Å². The Morgan fingerprint density at radius 2 is 0.576 bits per heavy atom. The molecule has 0 aliphatic rings. The lowest BCUT2D eigenvalue weighted by Crippen LogP contribution is -1.89. The molecule has 6 aromatic rings. The van der Waals surface area contributed by atoms with E-state index in [-0.39, 0.29) is 0 Å². The second-order valence-corrected chi connectivity index (χ2v) is 26.1. The number of hydrogen-bond donors (Lipinski definition) is 0. The van der Waals surface area contributed by atoms with Gasteiger partial charge in [-0.1, -0.05) is 204 Å². The molecule has 0 saturated carbocycles. The summed E-state index contributed by atoms with van der Waals surface area (Å²) in [5.74, 6) is 0. The van der Waals surface area contributed by atoms with E-state index in [1.165, 1.54) is 249 Å². The molecule has 0 aromatic carbocycles. The summed E-state index contributed by atoms with van der Waals surface area (Å²) < 4.78 is 0. The molecule has 8 heteroatoms. The predicted octanol–water partition coefficient (Wildman–Crippen LogP) is 22.5. The second kappa shape index (κ2) is 30.1. The highest BCUT2D eigenvalue weighted by Crippen LogP contribution is 2.49. The highest BCUT2D eigenvalue weighted by molar-refractivity contribution is 7.33. The molecule has 0 atom stereocenters. The molecule has 0 aliphatic heterocycles. The van der Waals surface area contributed by atoms with Crippen LogP contribution in [0, 0.1) is 13.8 Å². The number of thiazole rings is 2. The average molecular weight is 1000 g/mol. The van der Waals surface area contributed by atoms with Gasteiger partial charge in [0.25, 0.3) is 0 Å². The lowest BCUT2D eigenvalue weighted by Gasteiger charge is -2.06. The van der Waals surface area contributed by atoms with E-state index in [4.69, 9.17) is 9.97 Å². The van der Waals surface area contributed by atoms with Gasteiger partial charge in [0.1, 0.15) is 10.0 Å². The zero-order valence-corrected chi connectivity index (χ0v) is 47.2. The van der Waals surface area contributed by atoms with Crippen molar-refractivity contribution in [2.45, 2.75) is 247 Å². The first-order valence-corrected chi connectivity index (χ1v) is 32.0. The molecule has 0 bridgehead atoms. The van der Waals surface area contributed by atoms with Gasteiger partial charge < -0.3 is 0 Å². The van der Waals surface area contributed by atoms with Crippen molar-refractivity contribution in [3.05, 3.63) is 56.3 Å². The number of hydrogen-bond acceptors (Lipinski definition) is 8. The van der Waals surface area contributed by atoms with E-state index in [0.717, 1.165) is 16.1 Å². The molecule has 6 aromatic heterocycles. The van der Waals surface area contributed by atoms with Crippen LogP contribution >= 0.6 is 68.0 Å². The number of rotatable bonds is 36. The van der Waals surface area contributed by atoms with Gasteiger partial charge >= 0.3 is 0 Å². The fraction of sp³-hybridized carbons (Fsp3) is 0.655. The van der Waals surface area contributed by atoms with Crippen LogP contribution in [-0.2, 0) is 25.7 Å². The van der Waals surface area contributed by atoms with Gasteiger partial charge in [0.15, 0.2) is 9.66 Å². The summed E-state index contributed by atoms with van der Waals surface area (Å²) in [6, 6.07) is 10.1. The van der Waals surface area contributed by atoms with Crippen molar-refractivity contribution < 1.29 is 0 Å². The molecule has 0 aliphatic carbocycles. The Hall–Kier alpha value is -1.68. The van der Waals surface area contributed by atoms with Crippen molar-refractivity contribution in [2.75, 3.05) is 0 Å². The zero-order valence-electron chi connectivity index (χ0n) is 42.3. The Bertz CT molecular complexity index is 2210. The topological polar surface area (TPSA) is 25.8 Å². The molecule has 0 saturated heterocycles. The summed E-state index contributed by atoms with van der Waals surface area (Å²) in [6.45, 7) is 13.9. The van der Waals surface area contributed by atoms with E-state index in [1.807, 2.05) is 56.7 Å². The monoisotopic (exact) mass is 1000 g/mol. The molecule has 0 unspecified atom stereocenters. The molecule has 2 nitrogen and oxygen atoms in total. The minimum atomic E-state index is 1.12. The third kappa shape index (κ3) is 16.7. The van der Waals surface area contributed by atoms with Gasteiger partial charge in [-0.15, -0.1) is 45.3 Å². The fourth-order valence-corrected chi connectivity index (χ4v) is 16.7. The van der Waals surface area contributed by atoms with Gasteiger partial charge in [-0.05, 0) is 112 Å². The minimum absolute atomic E-state index is 1.12. The fourth-order valence-electron chi connectivity index (χ4n) is 9.65. The van der Waals surface area contributed by atoms with E-state index in [0.29, 0.717) is 0 Å². The lowest BCUT2D eigenvalue weighted by molar-refractivity contribution is 0.556. The first-order valence-electron chi connectivity index (χ1n) is 27.1. The minimum Gasteiger partial charge on any atom is -0.222 e. The smallest absolute Gasteiger partial charge is 0.155 e. The predicted molar refractivity (Wildman–Crippen MR) is 305 cm³/mol. The van der Waals surface area contributed by atoms with Crippen molar-refractivity contribution >= 4 is 77.7 Å². The molecule has 0 spiro atoms. The van der Waals surface area contributed by atoms with Gasteiger partial charge in [-0.2, -0.15) is 0 Å². The summed E-state index contributed by atoms with van der Waals surface area (Å²) in [4.78, 5) is 24.7. The SMILES string of the molecule is CCCCCCCCCCCCc1cc(C)sc1-c1nc2sc(-c3sc(-c4cc(CCCCCC)c(-c5sc(C)cc5CCCCCC)s4)cc3CCCCCCCCCCCC)nc2s1. The van der Waals surface area contributed by atoms with Crippen molar-refractivity contribution in [1.82, 2.24) is 9.97 Å². The normalized spacial score (nSPS) is 11.9. The van der Waals surface area contributed by atoms with Crippen molar-refractivity contribution in [2.24, 2.45) is 0 Å². The van der Waals surface area contributed by atoms with Crippen LogP contribution in [0.5, 0.6) is 0 Å². The molecule has 66 heavy (non-hydrogen) atoms. The number of aromatic nitrogens is 2. The van der Waals surface area contributed by atoms with Crippen LogP contribution in [-0.4, -0.2) is 9.97 Å². The highest BCUT2D eigenvalue weighted by atomic mass is 32.1. The van der Waals surface area contributed by atoms with Gasteiger partial charge in [0, 0.05) is 29.3 Å². The third-order valence-corrected chi connectivity index (χ3v) is 20.7. The molecule has 0 radical (unpaired) electrons. The van der Waals surface area contributed by atoms with Crippen LogP contribution in [0.15, 0.2) is 24.3 Å². The van der Waals surface area contributed by atoms with Crippen molar-refractivity contribution in [1.29, 1.82) is 0 Å². The van der Waals surface area contributed by atoms with E-state index in [9.17, 15) is 0 Å². The lowest BCUT2D eigenvalue weighted by atomic mass is 10.0. The molecular formula is C58H86N2S6. The Kier molecular flexibility index (Phi) is 24.5. The molecule has 0 N–H and O–H groups in total. The van der Waals surface area contributed by atoms with Gasteiger partial charge in [-0.3, -0.25) is 0 Å². The number of thiophene rings is 4. The summed E-state index contributed by atoms with van der Waals surface area (Å²) in [7, 11) is 0. The third-order valence-electron chi connectivity index (χ3n) is 13.5. The first kappa shape index (κ1) is 53.7. The quantitative estimate of drug-likeness (QED) is 0.0367. The number of aryl methyl sites for hydroxylation is 6. The Morgan fingerprint density at radius 3 is 0.985 bits per heavy atom. The maximum absolute atomic E-state index is 5.44. The molecule has 0 amide bonds. The van der Waals surface area contributed by atoms with Gasteiger partial charge in [0.05, 0.1) is 9.75 Å².